The molecule has 14 heteroatoms. The summed E-state index contributed by atoms with van der Waals surface area (Å²) < 4.78 is 11.7. The molecule has 6 N–H and O–H groups in total. The molecule has 0 radical (unpaired) electrons. The fourth-order valence-electron chi connectivity index (χ4n) is 5.40. The van der Waals surface area contributed by atoms with Crippen molar-refractivity contribution in [3.8, 4) is 0 Å². The lowest BCUT2D eigenvalue weighted by Crippen LogP contribution is -2.53. The van der Waals surface area contributed by atoms with Crippen molar-refractivity contribution in [1.29, 1.82) is 0 Å². The van der Waals surface area contributed by atoms with Crippen molar-refractivity contribution in [2.45, 2.75) is 63.6 Å². The fraction of sp³-hybridized carbons (Fsp3) is 0.733. The van der Waals surface area contributed by atoms with E-state index in [2.05, 4.69) is 10.6 Å². The van der Waals surface area contributed by atoms with Crippen molar-refractivity contribution in [2.75, 3.05) is 78.5 Å². The van der Waals surface area contributed by atoms with Crippen LogP contribution in [0.25, 0.3) is 0 Å². The van der Waals surface area contributed by atoms with E-state index in [1.807, 2.05) is 24.3 Å². The molecule has 1 saturated carbocycles. The summed E-state index contributed by atoms with van der Waals surface area (Å²) in [6.45, 7) is 5.65. The molecule has 6 amide bonds. The minimum absolute atomic E-state index is 0.140. The fourth-order valence-corrected chi connectivity index (χ4v) is 5.40. The molecule has 0 spiro atoms. The van der Waals surface area contributed by atoms with Crippen molar-refractivity contribution >= 4 is 24.2 Å². The lowest BCUT2D eigenvalue weighted by Gasteiger charge is -2.35. The van der Waals surface area contributed by atoms with Crippen LogP contribution in [0.15, 0.2) is 24.3 Å². The molecule has 1 aliphatic carbocycles. The first kappa shape index (κ1) is 35.0. The monoisotopic (exact) mass is 620 g/mol. The van der Waals surface area contributed by atoms with Gasteiger partial charge >= 0.3 is 24.2 Å². The Morgan fingerprint density at radius 3 is 1.25 bits per heavy atom. The third-order valence-corrected chi connectivity index (χ3v) is 8.03. The highest BCUT2D eigenvalue weighted by Gasteiger charge is 2.30. The number of nitrogens with zero attached hydrogens (tertiary/aromatic N) is 4. The van der Waals surface area contributed by atoms with Crippen LogP contribution in [0.1, 0.15) is 51.4 Å². The summed E-state index contributed by atoms with van der Waals surface area (Å²) in [6, 6.07) is -0.281. The van der Waals surface area contributed by atoms with Crippen LogP contribution in [-0.4, -0.2) is 135 Å². The van der Waals surface area contributed by atoms with E-state index in [4.69, 9.17) is 20.9 Å². The molecule has 248 valence electrons. The van der Waals surface area contributed by atoms with Crippen LogP contribution in [-0.2, 0) is 9.47 Å². The molecule has 0 aromatic carbocycles. The van der Waals surface area contributed by atoms with Crippen molar-refractivity contribution in [3.63, 3.8) is 0 Å². The topological polar surface area (TPSA) is 176 Å². The Labute approximate surface area is 261 Å². The first-order valence-corrected chi connectivity index (χ1v) is 16.1. The van der Waals surface area contributed by atoms with E-state index in [-0.39, 0.29) is 36.5 Å². The highest BCUT2D eigenvalue weighted by Crippen LogP contribution is 2.23. The molecule has 14 nitrogen and oxygen atoms in total. The maximum Gasteiger partial charge on any atom is 0.410 e. The molecule has 3 aliphatic rings. The van der Waals surface area contributed by atoms with Gasteiger partial charge in [0, 0.05) is 65.4 Å². The number of carbonyl (C=O) groups excluding carboxylic acids is 4. The van der Waals surface area contributed by atoms with Gasteiger partial charge in [-0.3, -0.25) is 0 Å². The van der Waals surface area contributed by atoms with Crippen LogP contribution in [0.2, 0.25) is 0 Å². The lowest BCUT2D eigenvalue weighted by atomic mass is 9.96. The Bertz CT molecular complexity index is 879. The molecule has 3 fully saturated rings. The second-order valence-corrected chi connectivity index (χ2v) is 11.3. The van der Waals surface area contributed by atoms with E-state index in [9.17, 15) is 19.2 Å². The number of carbonyl (C=O) groups is 4. The zero-order valence-electron chi connectivity index (χ0n) is 26.0. The standard InChI is InChI=1S/C30H52N8O6/c31-13-3-1-5-15-33-27(39)35-17-21-37(22-18-35)29(41)43-25-9-7-11-26(12-8-10-25)44-30(42)38-23-19-36(20-24-38)28(40)34-16-6-2-4-14-32/h1-2,5-6,25-26H,3-4,7-24,31-32H2,(H,33,39)(H,34,40). The first-order valence-electron chi connectivity index (χ1n) is 16.1. The summed E-state index contributed by atoms with van der Waals surface area (Å²) in [5.74, 6) is 0. The minimum atomic E-state index is -0.334. The minimum Gasteiger partial charge on any atom is -0.446 e. The molecule has 44 heavy (non-hydrogen) atoms. The van der Waals surface area contributed by atoms with E-state index in [1.165, 1.54) is 0 Å². The summed E-state index contributed by atoms with van der Waals surface area (Å²) in [7, 11) is 0. The van der Waals surface area contributed by atoms with Crippen molar-refractivity contribution in [1.82, 2.24) is 30.2 Å². The molecule has 2 saturated heterocycles. The van der Waals surface area contributed by atoms with Crippen molar-refractivity contribution in [3.05, 3.63) is 24.3 Å². The predicted molar refractivity (Wildman–Crippen MR) is 167 cm³/mol. The Kier molecular flexibility index (Phi) is 15.7. The number of nitrogens with two attached hydrogens (primary N) is 2. The van der Waals surface area contributed by atoms with Crippen molar-refractivity contribution in [2.24, 2.45) is 11.5 Å². The van der Waals surface area contributed by atoms with E-state index < -0.39 is 0 Å². The second-order valence-electron chi connectivity index (χ2n) is 11.3. The van der Waals surface area contributed by atoms with Gasteiger partial charge < -0.3 is 51.2 Å². The summed E-state index contributed by atoms with van der Waals surface area (Å²) in [5.41, 5.74) is 10.9. The SMILES string of the molecule is NCCC=CCNC(=O)N1CCN(C(=O)OC2CCCC(OC(=O)N3CCN(C(=O)NCC=CCCN)CC3)CCC2)CC1. The van der Waals surface area contributed by atoms with Gasteiger partial charge in [-0.1, -0.05) is 24.3 Å². The zero-order chi connectivity index (χ0) is 31.6. The van der Waals surface area contributed by atoms with Crippen LogP contribution in [0.5, 0.6) is 0 Å². The lowest BCUT2D eigenvalue weighted by molar-refractivity contribution is 0.0197. The van der Waals surface area contributed by atoms with E-state index in [1.54, 1.807) is 19.6 Å². The number of hydrogen-bond donors (Lipinski definition) is 4. The van der Waals surface area contributed by atoms with Gasteiger partial charge in [0.25, 0.3) is 0 Å². The maximum atomic E-state index is 12.8. The van der Waals surface area contributed by atoms with E-state index >= 15 is 0 Å². The number of ether oxygens (including phenoxy) is 2. The van der Waals surface area contributed by atoms with Crippen molar-refractivity contribution < 1.29 is 28.7 Å². The van der Waals surface area contributed by atoms with E-state index in [0.29, 0.717) is 78.5 Å². The molecular formula is C30H52N8O6. The summed E-state index contributed by atoms with van der Waals surface area (Å²) in [6.07, 6.45) is 12.7. The molecule has 0 aromatic rings. The van der Waals surface area contributed by atoms with E-state index in [0.717, 1.165) is 51.4 Å². The second kappa shape index (κ2) is 19.7. The van der Waals surface area contributed by atoms with Gasteiger partial charge in [0.2, 0.25) is 0 Å². The third-order valence-electron chi connectivity index (χ3n) is 8.03. The average Bonchev–Trinajstić information content (AvgIpc) is 3.03. The molecule has 0 bridgehead atoms. The zero-order valence-corrected chi connectivity index (χ0v) is 26.0. The smallest absolute Gasteiger partial charge is 0.410 e. The van der Waals surface area contributed by atoms with Crippen LogP contribution in [0.3, 0.4) is 0 Å². The highest BCUT2D eigenvalue weighted by molar-refractivity contribution is 5.75. The number of rotatable bonds is 10. The molecule has 3 rings (SSSR count). The Morgan fingerprint density at radius 1 is 0.568 bits per heavy atom. The van der Waals surface area contributed by atoms with Gasteiger partial charge in [-0.15, -0.1) is 0 Å². The van der Waals surface area contributed by atoms with Crippen LogP contribution in [0, 0.1) is 0 Å². The summed E-state index contributed by atoms with van der Waals surface area (Å²) in [4.78, 5) is 57.0. The number of nitrogens with one attached hydrogen (secondary N) is 2. The average molecular weight is 621 g/mol. The molecule has 0 atom stereocenters. The van der Waals surface area contributed by atoms with Crippen LogP contribution in [0.4, 0.5) is 19.2 Å². The molecule has 2 aliphatic heterocycles. The maximum absolute atomic E-state index is 12.8. The quantitative estimate of drug-likeness (QED) is 0.267. The van der Waals surface area contributed by atoms with Crippen LogP contribution >= 0.6 is 0 Å². The number of amides is 6. The van der Waals surface area contributed by atoms with Gasteiger partial charge in [0.05, 0.1) is 0 Å². The summed E-state index contributed by atoms with van der Waals surface area (Å²) in [5, 5.41) is 5.71. The molecule has 0 unspecified atom stereocenters. The van der Waals surface area contributed by atoms with Gasteiger partial charge in [0.15, 0.2) is 0 Å². The first-order chi connectivity index (χ1) is 21.4. The molecule has 2 heterocycles. The predicted octanol–water partition coefficient (Wildman–Crippen LogP) is 1.82. The number of urea groups is 2. The Hall–Kier alpha value is -3.52. The number of hydrogen-bond acceptors (Lipinski definition) is 8. The highest BCUT2D eigenvalue weighted by atomic mass is 16.6. The van der Waals surface area contributed by atoms with Gasteiger partial charge in [-0.05, 0) is 64.5 Å². The normalized spacial score (nSPS) is 21.6. The van der Waals surface area contributed by atoms with Gasteiger partial charge in [0.1, 0.15) is 12.2 Å². The van der Waals surface area contributed by atoms with Crippen LogP contribution < -0.4 is 22.1 Å². The Morgan fingerprint density at radius 2 is 0.909 bits per heavy atom. The largest absolute Gasteiger partial charge is 0.446 e. The molecular weight excluding hydrogens is 568 g/mol. The Balaban J connectivity index is 1.29. The summed E-state index contributed by atoms with van der Waals surface area (Å²) >= 11 is 0. The third kappa shape index (κ3) is 12.2. The number of piperazine rings is 2. The van der Waals surface area contributed by atoms with Gasteiger partial charge in [-0.25, -0.2) is 19.2 Å². The molecule has 0 aromatic heterocycles. The van der Waals surface area contributed by atoms with Gasteiger partial charge in [-0.2, -0.15) is 0 Å².